The molecule has 1 aromatic heterocycles. The van der Waals surface area contributed by atoms with E-state index in [9.17, 15) is 18.0 Å². The Balaban J connectivity index is 1.94. The van der Waals surface area contributed by atoms with E-state index in [0.29, 0.717) is 17.8 Å². The maximum Gasteiger partial charge on any atom is 0.271 e. The Bertz CT molecular complexity index is 844. The van der Waals surface area contributed by atoms with Crippen molar-refractivity contribution in [3.63, 3.8) is 0 Å². The first-order chi connectivity index (χ1) is 11.9. The third-order valence-electron chi connectivity index (χ3n) is 3.01. The van der Waals surface area contributed by atoms with Gasteiger partial charge in [0.15, 0.2) is 0 Å². The topological polar surface area (TPSA) is 104 Å². The molecule has 9 heteroatoms. The van der Waals surface area contributed by atoms with E-state index in [4.69, 9.17) is 0 Å². The van der Waals surface area contributed by atoms with Gasteiger partial charge < -0.3 is 10.6 Å². The van der Waals surface area contributed by atoms with Gasteiger partial charge in [-0.05, 0) is 35.7 Å². The Morgan fingerprint density at radius 1 is 1.12 bits per heavy atom. The molecule has 2 rings (SSSR count). The van der Waals surface area contributed by atoms with Gasteiger partial charge in [0.2, 0.25) is 5.91 Å². The predicted octanol–water partition coefficient (Wildman–Crippen LogP) is 1.58. The lowest BCUT2D eigenvalue weighted by Crippen LogP contribution is -2.36. The standard InChI is InChI=1S/C16H17N3O4S2/c1-2-9-17-14(20)11-18-16(21)12-5-7-13(8-6-12)19-25(22,23)15-4-3-10-24-15/h2-8,10,19H,1,9,11H2,(H,17,20)(H,18,21). The molecule has 0 fully saturated rings. The highest BCUT2D eigenvalue weighted by atomic mass is 32.2. The zero-order valence-electron chi connectivity index (χ0n) is 13.2. The molecule has 1 aromatic carbocycles. The molecular weight excluding hydrogens is 362 g/mol. The fraction of sp³-hybridized carbons (Fsp3) is 0.125. The van der Waals surface area contributed by atoms with Gasteiger partial charge in [0.1, 0.15) is 4.21 Å². The van der Waals surface area contributed by atoms with Crippen LogP contribution in [0.25, 0.3) is 0 Å². The average Bonchev–Trinajstić information content (AvgIpc) is 3.13. The third-order valence-corrected chi connectivity index (χ3v) is 5.79. The number of sulfonamides is 1. The van der Waals surface area contributed by atoms with Crippen LogP contribution in [0.1, 0.15) is 10.4 Å². The summed E-state index contributed by atoms with van der Waals surface area (Å²) in [5.74, 6) is -0.755. The average molecular weight is 379 g/mol. The molecule has 0 spiro atoms. The molecule has 1 heterocycles. The molecule has 0 saturated carbocycles. The van der Waals surface area contributed by atoms with Gasteiger partial charge in [-0.25, -0.2) is 8.42 Å². The van der Waals surface area contributed by atoms with Crippen molar-refractivity contribution in [3.05, 3.63) is 60.0 Å². The highest BCUT2D eigenvalue weighted by molar-refractivity contribution is 7.94. The highest BCUT2D eigenvalue weighted by Crippen LogP contribution is 2.20. The van der Waals surface area contributed by atoms with Crippen molar-refractivity contribution in [2.45, 2.75) is 4.21 Å². The summed E-state index contributed by atoms with van der Waals surface area (Å²) in [6.07, 6.45) is 1.54. The first-order valence-corrected chi connectivity index (χ1v) is 9.61. The van der Waals surface area contributed by atoms with Crippen LogP contribution in [0.5, 0.6) is 0 Å². The molecule has 0 radical (unpaired) electrons. The van der Waals surface area contributed by atoms with Crippen molar-refractivity contribution in [2.24, 2.45) is 0 Å². The number of carbonyl (C=O) groups is 2. The number of benzene rings is 1. The van der Waals surface area contributed by atoms with Crippen LogP contribution in [0.3, 0.4) is 0 Å². The van der Waals surface area contributed by atoms with Crippen LogP contribution in [0, 0.1) is 0 Å². The van der Waals surface area contributed by atoms with E-state index in [1.807, 2.05) is 0 Å². The minimum atomic E-state index is -3.63. The number of hydrogen-bond acceptors (Lipinski definition) is 5. The lowest BCUT2D eigenvalue weighted by Gasteiger charge is -2.08. The molecule has 0 saturated heterocycles. The molecule has 0 aliphatic rings. The highest BCUT2D eigenvalue weighted by Gasteiger charge is 2.15. The van der Waals surface area contributed by atoms with Gasteiger partial charge in [0.25, 0.3) is 15.9 Å². The van der Waals surface area contributed by atoms with Crippen molar-refractivity contribution >= 4 is 38.9 Å². The molecular formula is C16H17N3O4S2. The van der Waals surface area contributed by atoms with Crippen molar-refractivity contribution in [3.8, 4) is 0 Å². The fourth-order valence-electron chi connectivity index (χ4n) is 1.82. The zero-order chi connectivity index (χ0) is 18.3. The molecule has 0 aliphatic carbocycles. The van der Waals surface area contributed by atoms with E-state index in [0.717, 1.165) is 11.3 Å². The molecule has 2 aromatic rings. The maximum atomic E-state index is 12.1. The van der Waals surface area contributed by atoms with Gasteiger partial charge in [-0.3, -0.25) is 14.3 Å². The predicted molar refractivity (Wildman–Crippen MR) is 97.1 cm³/mol. The monoisotopic (exact) mass is 379 g/mol. The Labute approximate surface area is 149 Å². The number of nitrogens with one attached hydrogen (secondary N) is 3. The summed E-state index contributed by atoms with van der Waals surface area (Å²) in [6.45, 7) is 3.65. The number of amides is 2. The van der Waals surface area contributed by atoms with E-state index < -0.39 is 15.9 Å². The lowest BCUT2D eigenvalue weighted by atomic mass is 10.2. The van der Waals surface area contributed by atoms with Gasteiger partial charge in [-0.2, -0.15) is 0 Å². The van der Waals surface area contributed by atoms with Crippen molar-refractivity contribution < 1.29 is 18.0 Å². The second-order valence-corrected chi connectivity index (χ2v) is 7.75. The minimum Gasteiger partial charge on any atom is -0.351 e. The number of thiophene rings is 1. The summed E-state index contributed by atoms with van der Waals surface area (Å²) in [7, 11) is -3.63. The summed E-state index contributed by atoms with van der Waals surface area (Å²) in [6, 6.07) is 9.08. The van der Waals surface area contributed by atoms with Crippen LogP contribution < -0.4 is 15.4 Å². The summed E-state index contributed by atoms with van der Waals surface area (Å²) < 4.78 is 26.9. The van der Waals surface area contributed by atoms with Crippen LogP contribution >= 0.6 is 11.3 Å². The quantitative estimate of drug-likeness (QED) is 0.606. The second-order valence-electron chi connectivity index (χ2n) is 4.89. The lowest BCUT2D eigenvalue weighted by molar-refractivity contribution is -0.119. The molecule has 0 atom stereocenters. The molecule has 7 nitrogen and oxygen atoms in total. The molecule has 25 heavy (non-hydrogen) atoms. The summed E-state index contributed by atoms with van der Waals surface area (Å²) >= 11 is 1.11. The summed E-state index contributed by atoms with van der Waals surface area (Å²) in [4.78, 5) is 23.4. The van der Waals surface area contributed by atoms with Gasteiger partial charge >= 0.3 is 0 Å². The Kier molecular flexibility index (Phi) is 6.31. The van der Waals surface area contributed by atoms with Crippen LogP contribution in [-0.4, -0.2) is 33.3 Å². The summed E-state index contributed by atoms with van der Waals surface area (Å²) in [5.41, 5.74) is 0.657. The Morgan fingerprint density at radius 3 is 2.44 bits per heavy atom. The Morgan fingerprint density at radius 2 is 1.84 bits per heavy atom. The zero-order valence-corrected chi connectivity index (χ0v) is 14.8. The molecule has 0 bridgehead atoms. The van der Waals surface area contributed by atoms with Crippen LogP contribution in [0.15, 0.2) is 58.6 Å². The van der Waals surface area contributed by atoms with Crippen LogP contribution in [0.2, 0.25) is 0 Å². The largest absolute Gasteiger partial charge is 0.351 e. The van der Waals surface area contributed by atoms with Crippen molar-refractivity contribution in [1.29, 1.82) is 0 Å². The van der Waals surface area contributed by atoms with Crippen molar-refractivity contribution in [2.75, 3.05) is 17.8 Å². The third kappa shape index (κ3) is 5.44. The van der Waals surface area contributed by atoms with Crippen LogP contribution in [-0.2, 0) is 14.8 Å². The Hall–Kier alpha value is -2.65. The van der Waals surface area contributed by atoms with E-state index in [-0.39, 0.29) is 16.7 Å². The SMILES string of the molecule is C=CCNC(=O)CNC(=O)c1ccc(NS(=O)(=O)c2cccs2)cc1. The second kappa shape index (κ2) is 8.45. The maximum absolute atomic E-state index is 12.1. The van der Waals surface area contributed by atoms with E-state index in [1.54, 1.807) is 11.4 Å². The van der Waals surface area contributed by atoms with E-state index in [2.05, 4.69) is 21.9 Å². The van der Waals surface area contributed by atoms with Crippen molar-refractivity contribution in [1.82, 2.24) is 10.6 Å². The smallest absolute Gasteiger partial charge is 0.271 e. The first-order valence-electron chi connectivity index (χ1n) is 7.24. The van der Waals surface area contributed by atoms with Gasteiger partial charge in [0.05, 0.1) is 6.54 Å². The molecule has 0 aliphatic heterocycles. The first kappa shape index (κ1) is 18.7. The normalized spacial score (nSPS) is 10.7. The fourth-order valence-corrected chi connectivity index (χ4v) is 3.87. The molecule has 2 amide bonds. The van der Waals surface area contributed by atoms with E-state index in [1.165, 1.54) is 36.4 Å². The van der Waals surface area contributed by atoms with Gasteiger partial charge in [0, 0.05) is 17.8 Å². The van der Waals surface area contributed by atoms with E-state index >= 15 is 0 Å². The summed E-state index contributed by atoms with van der Waals surface area (Å²) in [5, 5.41) is 6.69. The number of anilines is 1. The minimum absolute atomic E-state index is 0.153. The number of carbonyl (C=O) groups excluding carboxylic acids is 2. The molecule has 0 unspecified atom stereocenters. The van der Waals surface area contributed by atoms with Gasteiger partial charge in [-0.1, -0.05) is 12.1 Å². The number of hydrogen-bond donors (Lipinski definition) is 3. The molecule has 132 valence electrons. The van der Waals surface area contributed by atoms with Crippen LogP contribution in [0.4, 0.5) is 5.69 Å². The van der Waals surface area contributed by atoms with Gasteiger partial charge in [-0.15, -0.1) is 17.9 Å². The number of rotatable bonds is 8. The molecule has 3 N–H and O–H groups in total.